The van der Waals surface area contributed by atoms with E-state index in [1.165, 1.54) is 12.8 Å². The van der Waals surface area contributed by atoms with Gasteiger partial charge in [0.05, 0.1) is 18.5 Å². The maximum atomic E-state index is 6.32. The van der Waals surface area contributed by atoms with Gasteiger partial charge in [-0.3, -0.25) is 9.58 Å². The van der Waals surface area contributed by atoms with E-state index in [0.29, 0.717) is 6.04 Å². The second-order valence-corrected chi connectivity index (χ2v) is 5.55. The molecule has 0 amide bonds. The van der Waals surface area contributed by atoms with Crippen molar-refractivity contribution in [3.05, 3.63) is 40.6 Å². The molecule has 3 rings (SSSR count). The fourth-order valence-electron chi connectivity index (χ4n) is 2.41. The first-order chi connectivity index (χ1) is 9.15. The van der Waals surface area contributed by atoms with E-state index in [1.54, 1.807) is 10.9 Å². The summed E-state index contributed by atoms with van der Waals surface area (Å²) in [5.41, 5.74) is 2.14. The fraction of sp³-hybridized carbons (Fsp3) is 0.500. The van der Waals surface area contributed by atoms with Crippen LogP contribution >= 0.6 is 11.6 Å². The van der Waals surface area contributed by atoms with Gasteiger partial charge in [-0.2, -0.15) is 5.10 Å². The molecule has 0 N–H and O–H groups in total. The summed E-state index contributed by atoms with van der Waals surface area (Å²) >= 11 is 6.32. The summed E-state index contributed by atoms with van der Waals surface area (Å²) in [6.07, 6.45) is 4.25. The summed E-state index contributed by atoms with van der Waals surface area (Å²) in [7, 11) is 1.88. The molecule has 0 aromatic carbocycles. The summed E-state index contributed by atoms with van der Waals surface area (Å²) in [6, 6.07) is 4.61. The topological polar surface area (TPSA) is 34.2 Å². The molecule has 2 aromatic heterocycles. The Balaban J connectivity index is 1.78. The van der Waals surface area contributed by atoms with Crippen molar-refractivity contribution in [1.29, 1.82) is 0 Å². The Bertz CT molecular complexity index is 558. The second kappa shape index (κ2) is 5.02. The standard InChI is InChI=1S/C14H18ClN3O/c1-10-13(14(15)17(2)16-10)9-18(11-5-6-11)8-12-4-3-7-19-12/h3-4,7,11H,5-6,8-9H2,1-2H3. The predicted molar refractivity (Wildman–Crippen MR) is 73.9 cm³/mol. The van der Waals surface area contributed by atoms with E-state index < -0.39 is 0 Å². The zero-order chi connectivity index (χ0) is 13.4. The summed E-state index contributed by atoms with van der Waals surface area (Å²) in [6.45, 7) is 3.69. The van der Waals surface area contributed by atoms with E-state index in [4.69, 9.17) is 16.0 Å². The summed E-state index contributed by atoms with van der Waals surface area (Å²) in [5, 5.41) is 5.11. The highest BCUT2D eigenvalue weighted by molar-refractivity contribution is 6.30. The van der Waals surface area contributed by atoms with Crippen LogP contribution in [-0.2, 0) is 20.1 Å². The lowest BCUT2D eigenvalue weighted by Crippen LogP contribution is -2.25. The van der Waals surface area contributed by atoms with Crippen LogP contribution in [0.2, 0.25) is 5.15 Å². The van der Waals surface area contributed by atoms with Crippen LogP contribution in [0.4, 0.5) is 0 Å². The molecule has 2 heterocycles. The van der Waals surface area contributed by atoms with Crippen LogP contribution in [0.1, 0.15) is 29.9 Å². The maximum absolute atomic E-state index is 6.32. The lowest BCUT2D eigenvalue weighted by Gasteiger charge is -2.20. The van der Waals surface area contributed by atoms with Crippen LogP contribution in [0.5, 0.6) is 0 Å². The molecule has 0 spiro atoms. The van der Waals surface area contributed by atoms with Crippen LogP contribution < -0.4 is 0 Å². The third-order valence-electron chi connectivity index (χ3n) is 3.63. The number of hydrogen-bond donors (Lipinski definition) is 0. The van der Waals surface area contributed by atoms with Crippen molar-refractivity contribution < 1.29 is 4.42 Å². The Morgan fingerprint density at radius 3 is 2.79 bits per heavy atom. The highest BCUT2D eigenvalue weighted by atomic mass is 35.5. The van der Waals surface area contributed by atoms with Gasteiger partial charge in [0.25, 0.3) is 0 Å². The Hall–Kier alpha value is -1.26. The molecular formula is C14H18ClN3O. The number of hydrogen-bond acceptors (Lipinski definition) is 3. The Labute approximate surface area is 118 Å². The number of furan rings is 1. The zero-order valence-electron chi connectivity index (χ0n) is 11.3. The quantitative estimate of drug-likeness (QED) is 0.843. The molecule has 0 atom stereocenters. The molecule has 19 heavy (non-hydrogen) atoms. The molecule has 0 radical (unpaired) electrons. The van der Waals surface area contributed by atoms with Gasteiger partial charge >= 0.3 is 0 Å². The van der Waals surface area contributed by atoms with E-state index in [-0.39, 0.29) is 0 Å². The van der Waals surface area contributed by atoms with Crippen molar-refractivity contribution >= 4 is 11.6 Å². The zero-order valence-corrected chi connectivity index (χ0v) is 12.0. The van der Waals surface area contributed by atoms with Crippen molar-refractivity contribution in [2.75, 3.05) is 0 Å². The van der Waals surface area contributed by atoms with E-state index in [0.717, 1.165) is 35.3 Å². The minimum Gasteiger partial charge on any atom is -0.468 e. The first kappa shape index (κ1) is 12.8. The van der Waals surface area contributed by atoms with Gasteiger partial charge in [-0.15, -0.1) is 0 Å². The van der Waals surface area contributed by atoms with Crippen LogP contribution in [-0.4, -0.2) is 20.7 Å². The number of nitrogens with zero attached hydrogens (tertiary/aromatic N) is 3. The summed E-state index contributed by atoms with van der Waals surface area (Å²) < 4.78 is 7.19. The van der Waals surface area contributed by atoms with Crippen molar-refractivity contribution in [2.24, 2.45) is 7.05 Å². The number of aromatic nitrogens is 2. The number of halogens is 1. The maximum Gasteiger partial charge on any atom is 0.131 e. The van der Waals surface area contributed by atoms with Gasteiger partial charge in [0.1, 0.15) is 10.9 Å². The predicted octanol–water partition coefficient (Wildman–Crippen LogP) is 3.14. The van der Waals surface area contributed by atoms with Gasteiger partial charge in [0.15, 0.2) is 0 Å². The largest absolute Gasteiger partial charge is 0.468 e. The molecule has 1 aliphatic rings. The lowest BCUT2D eigenvalue weighted by atomic mass is 10.2. The molecular weight excluding hydrogens is 262 g/mol. The van der Waals surface area contributed by atoms with Crippen LogP contribution in [0, 0.1) is 6.92 Å². The Morgan fingerprint density at radius 2 is 2.26 bits per heavy atom. The highest BCUT2D eigenvalue weighted by Gasteiger charge is 2.30. The van der Waals surface area contributed by atoms with Crippen LogP contribution in [0.25, 0.3) is 0 Å². The van der Waals surface area contributed by atoms with Gasteiger partial charge in [-0.1, -0.05) is 11.6 Å². The van der Waals surface area contributed by atoms with E-state index in [9.17, 15) is 0 Å². The van der Waals surface area contributed by atoms with E-state index >= 15 is 0 Å². The van der Waals surface area contributed by atoms with Gasteiger partial charge in [0, 0.05) is 25.2 Å². The van der Waals surface area contributed by atoms with Crippen LogP contribution in [0.3, 0.4) is 0 Å². The normalized spacial score (nSPS) is 15.4. The molecule has 1 aliphatic carbocycles. The fourth-order valence-corrected chi connectivity index (χ4v) is 2.65. The molecule has 4 nitrogen and oxygen atoms in total. The molecule has 0 unspecified atom stereocenters. The summed E-state index contributed by atoms with van der Waals surface area (Å²) in [5.74, 6) is 1.00. The molecule has 1 fully saturated rings. The molecule has 0 bridgehead atoms. The second-order valence-electron chi connectivity index (χ2n) is 5.19. The monoisotopic (exact) mass is 279 g/mol. The third-order valence-corrected chi connectivity index (χ3v) is 4.11. The molecule has 0 aliphatic heterocycles. The smallest absolute Gasteiger partial charge is 0.131 e. The number of rotatable bonds is 5. The van der Waals surface area contributed by atoms with E-state index in [2.05, 4.69) is 10.00 Å². The Kier molecular flexibility index (Phi) is 3.37. The minimum absolute atomic E-state index is 0.653. The molecule has 5 heteroatoms. The first-order valence-electron chi connectivity index (χ1n) is 6.59. The third kappa shape index (κ3) is 2.69. The van der Waals surface area contributed by atoms with Crippen molar-refractivity contribution in [1.82, 2.24) is 14.7 Å². The molecule has 1 saturated carbocycles. The van der Waals surface area contributed by atoms with Gasteiger partial charge in [-0.05, 0) is 31.9 Å². The van der Waals surface area contributed by atoms with Gasteiger partial charge < -0.3 is 4.42 Å². The highest BCUT2D eigenvalue weighted by Crippen LogP contribution is 2.31. The van der Waals surface area contributed by atoms with Crippen molar-refractivity contribution in [2.45, 2.75) is 38.9 Å². The average molecular weight is 280 g/mol. The van der Waals surface area contributed by atoms with Gasteiger partial charge in [-0.25, -0.2) is 0 Å². The Morgan fingerprint density at radius 1 is 1.47 bits per heavy atom. The van der Waals surface area contributed by atoms with Gasteiger partial charge in [0.2, 0.25) is 0 Å². The van der Waals surface area contributed by atoms with Crippen LogP contribution in [0.15, 0.2) is 22.8 Å². The molecule has 0 saturated heterocycles. The minimum atomic E-state index is 0.653. The molecule has 102 valence electrons. The average Bonchev–Trinajstić information content (AvgIpc) is 3.05. The van der Waals surface area contributed by atoms with E-state index in [1.807, 2.05) is 26.1 Å². The SMILES string of the molecule is Cc1nn(C)c(Cl)c1CN(Cc1ccco1)C1CC1. The number of aryl methyl sites for hydroxylation is 2. The van der Waals surface area contributed by atoms with Crippen molar-refractivity contribution in [3.63, 3.8) is 0 Å². The molecule has 2 aromatic rings. The summed E-state index contributed by atoms with van der Waals surface area (Å²) in [4.78, 5) is 2.43. The van der Waals surface area contributed by atoms with Crippen molar-refractivity contribution in [3.8, 4) is 0 Å². The lowest BCUT2D eigenvalue weighted by molar-refractivity contribution is 0.225. The first-order valence-corrected chi connectivity index (χ1v) is 6.97.